The van der Waals surface area contributed by atoms with Crippen molar-refractivity contribution < 1.29 is 19.4 Å². The van der Waals surface area contributed by atoms with Gasteiger partial charge in [0.05, 0.1) is 25.7 Å². The van der Waals surface area contributed by atoms with E-state index in [1.165, 1.54) is 0 Å². The summed E-state index contributed by atoms with van der Waals surface area (Å²) in [4.78, 5) is 28.3. The van der Waals surface area contributed by atoms with E-state index in [2.05, 4.69) is 0 Å². The molecule has 0 aromatic heterocycles. The number of rotatable bonds is 5. The van der Waals surface area contributed by atoms with Crippen LogP contribution < -0.4 is 0 Å². The molecule has 7 nitrogen and oxygen atoms in total. The number of morpholine rings is 1. The van der Waals surface area contributed by atoms with Crippen molar-refractivity contribution in [2.45, 2.75) is 12.5 Å². The zero-order valence-electron chi connectivity index (χ0n) is 11.8. The van der Waals surface area contributed by atoms with Gasteiger partial charge in [-0.2, -0.15) is 0 Å². The fourth-order valence-electron chi connectivity index (χ4n) is 1.94. The van der Waals surface area contributed by atoms with Crippen LogP contribution in [0.3, 0.4) is 0 Å². The Hall–Kier alpha value is -1.34. The second kappa shape index (κ2) is 7.30. The summed E-state index contributed by atoms with van der Waals surface area (Å²) in [7, 11) is 5.62. The molecule has 1 unspecified atom stereocenters. The Morgan fingerprint density at radius 3 is 2.58 bits per heavy atom. The number of ether oxygens (including phenoxy) is 1. The number of nitrogens with zero attached hydrogens (tertiary/aromatic N) is 3. The van der Waals surface area contributed by atoms with Gasteiger partial charge in [-0.1, -0.05) is 0 Å². The lowest BCUT2D eigenvalue weighted by atomic mass is 10.1. The summed E-state index contributed by atoms with van der Waals surface area (Å²) in [6, 6.07) is -0.503. The van der Waals surface area contributed by atoms with Crippen molar-refractivity contribution in [3.05, 3.63) is 0 Å². The van der Waals surface area contributed by atoms with Crippen molar-refractivity contribution in [1.82, 2.24) is 14.7 Å². The molecule has 0 spiro atoms. The topological polar surface area (TPSA) is 73.3 Å². The lowest BCUT2D eigenvalue weighted by Crippen LogP contribution is -2.54. The van der Waals surface area contributed by atoms with Gasteiger partial charge in [-0.3, -0.25) is 4.79 Å². The zero-order valence-corrected chi connectivity index (χ0v) is 11.8. The standard InChI is InChI=1S/C12H23N3O4/c1-13(2)4-5-14(3)12(18)15-6-7-19-9-10(15)8-11(16)17/h10H,4-9H2,1-3H3,(H,16,17). The summed E-state index contributed by atoms with van der Waals surface area (Å²) in [6.07, 6.45) is -0.0761. The number of urea groups is 1. The molecule has 1 N–H and O–H groups in total. The zero-order chi connectivity index (χ0) is 14.4. The van der Waals surface area contributed by atoms with Gasteiger partial charge < -0.3 is 24.5 Å². The molecule has 0 bridgehead atoms. The lowest BCUT2D eigenvalue weighted by Gasteiger charge is -2.37. The summed E-state index contributed by atoms with van der Waals surface area (Å²) in [5, 5.41) is 8.87. The fraction of sp³-hybridized carbons (Fsp3) is 0.833. The van der Waals surface area contributed by atoms with Gasteiger partial charge in [0.25, 0.3) is 0 Å². The van der Waals surface area contributed by atoms with Crippen LogP contribution in [-0.4, -0.2) is 91.8 Å². The highest BCUT2D eigenvalue weighted by molar-refractivity contribution is 5.76. The maximum Gasteiger partial charge on any atom is 0.320 e. The van der Waals surface area contributed by atoms with Gasteiger partial charge >= 0.3 is 12.0 Å². The molecule has 1 saturated heterocycles. The van der Waals surface area contributed by atoms with E-state index in [1.54, 1.807) is 16.8 Å². The molecule has 0 aliphatic carbocycles. The second-order valence-corrected chi connectivity index (χ2v) is 5.03. The molecule has 0 saturated carbocycles. The Morgan fingerprint density at radius 2 is 2.00 bits per heavy atom. The van der Waals surface area contributed by atoms with E-state index in [4.69, 9.17) is 9.84 Å². The first-order valence-electron chi connectivity index (χ1n) is 6.37. The van der Waals surface area contributed by atoms with E-state index in [9.17, 15) is 9.59 Å². The van der Waals surface area contributed by atoms with E-state index in [0.29, 0.717) is 26.3 Å². The Morgan fingerprint density at radius 1 is 1.32 bits per heavy atom. The van der Waals surface area contributed by atoms with Crippen LogP contribution in [0, 0.1) is 0 Å². The van der Waals surface area contributed by atoms with Gasteiger partial charge in [0.2, 0.25) is 0 Å². The first-order chi connectivity index (χ1) is 8.91. The first kappa shape index (κ1) is 15.7. The molecule has 1 heterocycles. The molecule has 2 amide bonds. The van der Waals surface area contributed by atoms with E-state index < -0.39 is 5.97 Å². The van der Waals surface area contributed by atoms with Crippen molar-refractivity contribution in [3.8, 4) is 0 Å². The van der Waals surface area contributed by atoms with E-state index >= 15 is 0 Å². The normalized spacial score (nSPS) is 19.6. The fourth-order valence-corrected chi connectivity index (χ4v) is 1.94. The SMILES string of the molecule is CN(C)CCN(C)C(=O)N1CCOCC1CC(=O)O. The van der Waals surface area contributed by atoms with Gasteiger partial charge in [0.1, 0.15) is 0 Å². The van der Waals surface area contributed by atoms with Crippen molar-refractivity contribution in [2.75, 3.05) is 54.0 Å². The molecular formula is C12H23N3O4. The molecule has 110 valence electrons. The van der Waals surface area contributed by atoms with Crippen LogP contribution in [0.15, 0.2) is 0 Å². The molecule has 0 aromatic rings. The van der Waals surface area contributed by atoms with Crippen LogP contribution >= 0.6 is 0 Å². The average molecular weight is 273 g/mol. The number of aliphatic carboxylic acids is 1. The predicted molar refractivity (Wildman–Crippen MR) is 70.1 cm³/mol. The number of hydrogen-bond acceptors (Lipinski definition) is 4. The number of carbonyl (C=O) groups is 2. The van der Waals surface area contributed by atoms with Crippen LogP contribution in [0.1, 0.15) is 6.42 Å². The van der Waals surface area contributed by atoms with E-state index in [1.807, 2.05) is 19.0 Å². The third-order valence-corrected chi connectivity index (χ3v) is 3.09. The highest BCUT2D eigenvalue weighted by Crippen LogP contribution is 2.13. The Balaban J connectivity index is 2.58. The minimum atomic E-state index is -0.913. The van der Waals surface area contributed by atoms with Gasteiger partial charge in [-0.15, -0.1) is 0 Å². The first-order valence-corrected chi connectivity index (χ1v) is 6.37. The van der Waals surface area contributed by atoms with Gasteiger partial charge in [-0.25, -0.2) is 4.79 Å². The van der Waals surface area contributed by atoms with Crippen LogP contribution in [0.5, 0.6) is 0 Å². The molecule has 0 aromatic carbocycles. The minimum Gasteiger partial charge on any atom is -0.481 e. The molecule has 7 heteroatoms. The molecule has 1 atom stereocenters. The Labute approximate surface area is 113 Å². The van der Waals surface area contributed by atoms with Crippen LogP contribution in [0.25, 0.3) is 0 Å². The van der Waals surface area contributed by atoms with Gasteiger partial charge in [0, 0.05) is 26.7 Å². The summed E-state index contributed by atoms with van der Waals surface area (Å²) < 4.78 is 5.26. The quantitative estimate of drug-likeness (QED) is 0.749. The Bertz CT molecular complexity index is 322. The number of carbonyl (C=O) groups excluding carboxylic acids is 1. The van der Waals surface area contributed by atoms with Crippen LogP contribution in [-0.2, 0) is 9.53 Å². The largest absolute Gasteiger partial charge is 0.481 e. The average Bonchev–Trinajstić information content (AvgIpc) is 2.35. The van der Waals surface area contributed by atoms with Crippen molar-refractivity contribution in [3.63, 3.8) is 0 Å². The third-order valence-electron chi connectivity index (χ3n) is 3.09. The molecule has 1 rings (SSSR count). The van der Waals surface area contributed by atoms with Crippen molar-refractivity contribution in [2.24, 2.45) is 0 Å². The van der Waals surface area contributed by atoms with Crippen LogP contribution in [0.2, 0.25) is 0 Å². The van der Waals surface area contributed by atoms with Crippen molar-refractivity contribution >= 4 is 12.0 Å². The third kappa shape index (κ3) is 5.04. The number of carboxylic acids is 1. The predicted octanol–water partition coefficient (Wildman–Crippen LogP) is -0.225. The number of likely N-dealkylation sites (N-methyl/N-ethyl adjacent to an activating group) is 2. The van der Waals surface area contributed by atoms with E-state index in [-0.39, 0.29) is 18.5 Å². The summed E-state index contributed by atoms with van der Waals surface area (Å²) >= 11 is 0. The highest BCUT2D eigenvalue weighted by atomic mass is 16.5. The molecule has 0 radical (unpaired) electrons. The molecular weight excluding hydrogens is 250 g/mol. The van der Waals surface area contributed by atoms with Gasteiger partial charge in [0.15, 0.2) is 0 Å². The smallest absolute Gasteiger partial charge is 0.320 e. The summed E-state index contributed by atoms with van der Waals surface area (Å²) in [5.41, 5.74) is 0. The second-order valence-electron chi connectivity index (χ2n) is 5.03. The summed E-state index contributed by atoms with van der Waals surface area (Å²) in [5.74, 6) is -0.913. The van der Waals surface area contributed by atoms with Gasteiger partial charge in [-0.05, 0) is 14.1 Å². The maximum absolute atomic E-state index is 12.3. The molecule has 19 heavy (non-hydrogen) atoms. The molecule has 1 aliphatic rings. The number of carboxylic acid groups (broad SMARTS) is 1. The minimum absolute atomic E-state index is 0.0761. The van der Waals surface area contributed by atoms with Crippen molar-refractivity contribution in [1.29, 1.82) is 0 Å². The molecule has 1 aliphatic heterocycles. The Kier molecular flexibility index (Phi) is 6.04. The summed E-state index contributed by atoms with van der Waals surface area (Å²) in [6.45, 7) is 2.59. The maximum atomic E-state index is 12.3. The highest BCUT2D eigenvalue weighted by Gasteiger charge is 2.30. The lowest BCUT2D eigenvalue weighted by molar-refractivity contribution is -0.139. The number of hydrogen-bond donors (Lipinski definition) is 1. The molecule has 1 fully saturated rings. The monoisotopic (exact) mass is 273 g/mol. The number of amides is 2. The van der Waals surface area contributed by atoms with Crippen LogP contribution in [0.4, 0.5) is 4.79 Å². The van der Waals surface area contributed by atoms with E-state index in [0.717, 1.165) is 6.54 Å².